The van der Waals surface area contributed by atoms with Crippen LogP contribution < -0.4 is 5.73 Å². The number of anilines is 1. The molecule has 0 aliphatic heterocycles. The fourth-order valence-corrected chi connectivity index (χ4v) is 2.89. The van der Waals surface area contributed by atoms with Gasteiger partial charge in [0.15, 0.2) is 0 Å². The number of nitrogens with two attached hydrogens (primary N) is 1. The number of fused-ring (bicyclic) bond motifs is 1. The molecular weight excluding hydrogens is 288 g/mol. The average molecular weight is 301 g/mol. The molecule has 0 saturated heterocycles. The lowest BCUT2D eigenvalue weighted by atomic mass is 10.2. The molecule has 2 rings (SSSR count). The number of aliphatic hydroxyl groups excluding tert-OH is 1. The zero-order valence-corrected chi connectivity index (χ0v) is 11.2. The van der Waals surface area contributed by atoms with Crippen LogP contribution >= 0.6 is 11.3 Å². The van der Waals surface area contributed by atoms with Crippen molar-refractivity contribution < 1.29 is 18.7 Å². The molecule has 0 fully saturated rings. The van der Waals surface area contributed by atoms with Gasteiger partial charge in [-0.1, -0.05) is 0 Å². The molecule has 0 radical (unpaired) electrons. The van der Waals surface area contributed by atoms with E-state index in [0.717, 1.165) is 16.2 Å². The largest absolute Gasteiger partial charge is 0.397 e. The van der Waals surface area contributed by atoms with E-state index < -0.39 is 18.9 Å². The van der Waals surface area contributed by atoms with Crippen LogP contribution in [0.4, 0.5) is 14.5 Å². The van der Waals surface area contributed by atoms with E-state index >= 15 is 0 Å². The van der Waals surface area contributed by atoms with Gasteiger partial charge in [-0.05, 0) is 6.07 Å². The molecule has 3 N–H and O–H groups in total. The number of halogens is 2. The summed E-state index contributed by atoms with van der Waals surface area (Å²) in [7, 11) is 0. The second-order valence-electron chi connectivity index (χ2n) is 4.08. The minimum atomic E-state index is -2.66. The quantitative estimate of drug-likeness (QED) is 0.878. The molecule has 5 nitrogen and oxygen atoms in total. The Morgan fingerprint density at radius 1 is 1.55 bits per heavy atom. The summed E-state index contributed by atoms with van der Waals surface area (Å²) in [4.78, 5) is 17.3. The van der Waals surface area contributed by atoms with Gasteiger partial charge in [-0.2, -0.15) is 0 Å². The molecule has 0 atom stereocenters. The summed E-state index contributed by atoms with van der Waals surface area (Å²) in [5, 5.41) is 9.55. The van der Waals surface area contributed by atoms with E-state index in [2.05, 4.69) is 4.98 Å². The van der Waals surface area contributed by atoms with Crippen molar-refractivity contribution >= 4 is 33.0 Å². The predicted octanol–water partition coefficient (Wildman–Crippen LogP) is 1.58. The Morgan fingerprint density at radius 2 is 2.30 bits per heavy atom. The highest BCUT2D eigenvalue weighted by atomic mass is 32.1. The lowest BCUT2D eigenvalue weighted by Gasteiger charge is -2.20. The Bertz CT molecular complexity index is 618. The topological polar surface area (TPSA) is 79.5 Å². The number of rotatable bonds is 5. The third-order valence-electron chi connectivity index (χ3n) is 2.74. The van der Waals surface area contributed by atoms with Gasteiger partial charge >= 0.3 is 0 Å². The summed E-state index contributed by atoms with van der Waals surface area (Å²) < 4.78 is 25.7. The number of hydrogen-bond acceptors (Lipinski definition) is 5. The molecule has 20 heavy (non-hydrogen) atoms. The van der Waals surface area contributed by atoms with Crippen molar-refractivity contribution in [2.45, 2.75) is 6.43 Å². The van der Waals surface area contributed by atoms with Crippen LogP contribution in [0, 0.1) is 0 Å². The van der Waals surface area contributed by atoms with Gasteiger partial charge in [0.1, 0.15) is 4.88 Å². The lowest BCUT2D eigenvalue weighted by molar-refractivity contribution is 0.0514. The molecule has 2 aromatic rings. The average Bonchev–Trinajstić information content (AvgIpc) is 2.75. The highest BCUT2D eigenvalue weighted by Crippen LogP contribution is 2.33. The Hall–Kier alpha value is -1.80. The number of thiophene rings is 1. The van der Waals surface area contributed by atoms with Crippen molar-refractivity contribution in [1.29, 1.82) is 0 Å². The minimum Gasteiger partial charge on any atom is -0.397 e. The van der Waals surface area contributed by atoms with E-state index in [1.54, 1.807) is 18.5 Å². The van der Waals surface area contributed by atoms with Crippen LogP contribution in [0.2, 0.25) is 0 Å². The molecule has 0 saturated carbocycles. The van der Waals surface area contributed by atoms with Crippen LogP contribution in [0.25, 0.3) is 10.1 Å². The second kappa shape index (κ2) is 6.10. The van der Waals surface area contributed by atoms with Gasteiger partial charge < -0.3 is 15.7 Å². The number of carbonyl (C=O) groups excluding carboxylic acids is 1. The molecule has 2 heterocycles. The molecule has 0 unspecified atom stereocenters. The Balaban J connectivity index is 2.35. The van der Waals surface area contributed by atoms with Crippen molar-refractivity contribution in [2.24, 2.45) is 0 Å². The monoisotopic (exact) mass is 301 g/mol. The van der Waals surface area contributed by atoms with E-state index in [9.17, 15) is 13.6 Å². The standard InChI is InChI=1S/C12H13F2N3O2S/c13-9(14)6-17(3-4-18)12(19)11-10(15)7-1-2-16-5-8(7)20-11/h1-2,5,9,18H,3-4,6,15H2. The number of alkyl halides is 2. The van der Waals surface area contributed by atoms with Crippen molar-refractivity contribution in [1.82, 2.24) is 9.88 Å². The fourth-order valence-electron chi connectivity index (χ4n) is 1.84. The van der Waals surface area contributed by atoms with Gasteiger partial charge in [-0.3, -0.25) is 9.78 Å². The molecule has 0 bridgehead atoms. The second-order valence-corrected chi connectivity index (χ2v) is 5.13. The highest BCUT2D eigenvalue weighted by Gasteiger charge is 2.24. The smallest absolute Gasteiger partial charge is 0.266 e. The first kappa shape index (κ1) is 14.6. The maximum Gasteiger partial charge on any atom is 0.266 e. The van der Waals surface area contributed by atoms with Gasteiger partial charge in [-0.15, -0.1) is 11.3 Å². The van der Waals surface area contributed by atoms with Crippen LogP contribution in [0.15, 0.2) is 18.5 Å². The molecule has 0 spiro atoms. The lowest BCUT2D eigenvalue weighted by Crippen LogP contribution is -2.37. The van der Waals surface area contributed by atoms with Gasteiger partial charge in [0.05, 0.1) is 23.5 Å². The van der Waals surface area contributed by atoms with E-state index in [1.807, 2.05) is 0 Å². The first-order valence-electron chi connectivity index (χ1n) is 5.85. The number of pyridine rings is 1. The number of carbonyl (C=O) groups is 1. The summed E-state index contributed by atoms with van der Waals surface area (Å²) >= 11 is 1.11. The van der Waals surface area contributed by atoms with Gasteiger partial charge in [-0.25, -0.2) is 8.78 Å². The summed E-state index contributed by atoms with van der Waals surface area (Å²) in [6.45, 7) is -1.27. The summed E-state index contributed by atoms with van der Waals surface area (Å²) in [5.41, 5.74) is 6.15. The molecule has 8 heteroatoms. The summed E-state index contributed by atoms with van der Waals surface area (Å²) in [6, 6.07) is 1.67. The van der Waals surface area contributed by atoms with Crippen molar-refractivity contribution in [3.63, 3.8) is 0 Å². The van der Waals surface area contributed by atoms with Gasteiger partial charge in [0, 0.05) is 24.3 Å². The van der Waals surface area contributed by atoms with Gasteiger partial charge in [0.2, 0.25) is 0 Å². The zero-order valence-electron chi connectivity index (χ0n) is 10.4. The number of nitrogens with zero attached hydrogens (tertiary/aromatic N) is 2. The first-order chi connectivity index (χ1) is 9.54. The van der Waals surface area contributed by atoms with E-state index in [4.69, 9.17) is 10.8 Å². The van der Waals surface area contributed by atoms with Crippen molar-refractivity contribution in [3.05, 3.63) is 23.3 Å². The van der Waals surface area contributed by atoms with E-state index in [1.165, 1.54) is 0 Å². The number of amides is 1. The highest BCUT2D eigenvalue weighted by molar-refractivity contribution is 7.21. The number of hydrogen-bond donors (Lipinski definition) is 2. The molecule has 2 aromatic heterocycles. The molecule has 1 amide bonds. The van der Waals surface area contributed by atoms with E-state index in [-0.39, 0.29) is 23.7 Å². The third kappa shape index (κ3) is 2.86. The molecule has 0 aromatic carbocycles. The van der Waals surface area contributed by atoms with Crippen LogP contribution in [0.3, 0.4) is 0 Å². The Morgan fingerprint density at radius 3 is 2.90 bits per heavy atom. The minimum absolute atomic E-state index is 0.158. The number of aromatic nitrogens is 1. The van der Waals surface area contributed by atoms with Crippen LogP contribution in [-0.2, 0) is 0 Å². The maximum atomic E-state index is 12.5. The fraction of sp³-hybridized carbons (Fsp3) is 0.333. The molecular formula is C12H13F2N3O2S. The first-order valence-corrected chi connectivity index (χ1v) is 6.66. The Labute approximate surface area is 117 Å². The summed E-state index contributed by atoms with van der Waals surface area (Å²) in [5.74, 6) is -0.599. The van der Waals surface area contributed by atoms with E-state index in [0.29, 0.717) is 10.1 Å². The molecule has 0 aliphatic rings. The van der Waals surface area contributed by atoms with Crippen LogP contribution in [-0.4, -0.2) is 47.0 Å². The Kier molecular flexibility index (Phi) is 4.46. The zero-order chi connectivity index (χ0) is 14.7. The normalized spacial score (nSPS) is 11.2. The molecule has 0 aliphatic carbocycles. The molecule has 108 valence electrons. The van der Waals surface area contributed by atoms with Gasteiger partial charge in [0.25, 0.3) is 12.3 Å². The number of aliphatic hydroxyl groups is 1. The third-order valence-corrected chi connectivity index (χ3v) is 3.88. The van der Waals surface area contributed by atoms with Crippen LogP contribution in [0.1, 0.15) is 9.67 Å². The SMILES string of the molecule is Nc1c(C(=O)N(CCO)CC(F)F)sc2cnccc12. The maximum absolute atomic E-state index is 12.5. The van der Waals surface area contributed by atoms with Crippen molar-refractivity contribution in [3.8, 4) is 0 Å². The van der Waals surface area contributed by atoms with Crippen molar-refractivity contribution in [2.75, 3.05) is 25.4 Å². The predicted molar refractivity (Wildman–Crippen MR) is 73.0 cm³/mol. The van der Waals surface area contributed by atoms with Crippen LogP contribution in [0.5, 0.6) is 0 Å². The summed E-state index contributed by atoms with van der Waals surface area (Å²) in [6.07, 6.45) is 0.448. The number of nitrogen functional groups attached to an aromatic ring is 1.